The van der Waals surface area contributed by atoms with Crippen molar-refractivity contribution >= 4 is 28.4 Å². The molecule has 0 aliphatic rings. The summed E-state index contributed by atoms with van der Waals surface area (Å²) in [5.41, 5.74) is 1.31. The van der Waals surface area contributed by atoms with Crippen molar-refractivity contribution in [2.75, 3.05) is 0 Å². The fourth-order valence-corrected chi connectivity index (χ4v) is 2.13. The lowest BCUT2D eigenvalue weighted by atomic mass is 10.3. The summed E-state index contributed by atoms with van der Waals surface area (Å²) < 4.78 is 28.2. The molecule has 2 heterocycles. The third-order valence-electron chi connectivity index (χ3n) is 2.70. The van der Waals surface area contributed by atoms with E-state index in [1.807, 2.05) is 0 Å². The number of alkyl halides is 3. The number of hydrogen-bond acceptors (Lipinski definition) is 2. The van der Waals surface area contributed by atoms with E-state index in [2.05, 4.69) is 9.97 Å². The number of para-hydroxylation sites is 2. The van der Waals surface area contributed by atoms with Crippen LogP contribution in [0, 0.1) is 6.92 Å². The quantitative estimate of drug-likeness (QED) is 0.632. The van der Waals surface area contributed by atoms with Crippen LogP contribution in [0.25, 0.3) is 16.8 Å². The van der Waals surface area contributed by atoms with Crippen molar-refractivity contribution in [1.82, 2.24) is 14.4 Å². The Hall–Kier alpha value is -1.75. The molecule has 0 aliphatic heterocycles. The van der Waals surface area contributed by atoms with E-state index >= 15 is 0 Å². The Morgan fingerprint density at radius 3 is 2.67 bits per heavy atom. The summed E-state index contributed by atoms with van der Waals surface area (Å²) in [5.74, 6) is 0.228. The molecule has 0 bridgehead atoms. The van der Waals surface area contributed by atoms with Gasteiger partial charge in [-0.2, -0.15) is 8.78 Å². The van der Waals surface area contributed by atoms with Crippen LogP contribution in [0.2, 0.25) is 0 Å². The molecule has 0 radical (unpaired) electrons. The highest BCUT2D eigenvalue weighted by Gasteiger charge is 2.32. The molecule has 92 valence electrons. The van der Waals surface area contributed by atoms with Gasteiger partial charge in [-0.05, 0) is 36.7 Å². The fourth-order valence-electron chi connectivity index (χ4n) is 1.99. The van der Waals surface area contributed by atoms with E-state index in [1.54, 1.807) is 31.2 Å². The number of benzene rings is 1. The molecule has 0 fully saturated rings. The van der Waals surface area contributed by atoms with Crippen molar-refractivity contribution in [2.45, 2.75) is 12.3 Å². The van der Waals surface area contributed by atoms with E-state index in [0.29, 0.717) is 16.7 Å². The third-order valence-corrected chi connectivity index (χ3v) is 2.89. The Morgan fingerprint density at radius 2 is 1.94 bits per heavy atom. The van der Waals surface area contributed by atoms with E-state index < -0.39 is 5.38 Å². The maximum absolute atomic E-state index is 13.5. The molecule has 3 aromatic rings. The predicted molar refractivity (Wildman–Crippen MR) is 65.0 cm³/mol. The molecule has 0 aliphatic carbocycles. The van der Waals surface area contributed by atoms with Gasteiger partial charge in [0, 0.05) is 5.69 Å². The Labute approximate surface area is 106 Å². The summed E-state index contributed by atoms with van der Waals surface area (Å²) in [4.78, 5) is 8.36. The van der Waals surface area contributed by atoms with Gasteiger partial charge < -0.3 is 0 Å². The van der Waals surface area contributed by atoms with Gasteiger partial charge in [0.05, 0.1) is 11.0 Å². The fraction of sp³-hybridized carbons (Fsp3) is 0.167. The zero-order chi connectivity index (χ0) is 12.9. The predicted octanol–water partition coefficient (Wildman–Crippen LogP) is 3.48. The molecule has 3 nitrogen and oxygen atoms in total. The first-order chi connectivity index (χ1) is 8.47. The molecule has 3 rings (SSSR count). The second kappa shape index (κ2) is 3.62. The largest absolute Gasteiger partial charge is 0.363 e. The molecule has 1 aromatic carbocycles. The average molecular weight is 268 g/mol. The van der Waals surface area contributed by atoms with Crippen LogP contribution >= 0.6 is 11.6 Å². The van der Waals surface area contributed by atoms with Crippen LogP contribution in [-0.2, 0) is 5.38 Å². The van der Waals surface area contributed by atoms with Crippen molar-refractivity contribution in [3.63, 3.8) is 0 Å². The van der Waals surface area contributed by atoms with E-state index in [4.69, 9.17) is 11.6 Å². The van der Waals surface area contributed by atoms with E-state index in [9.17, 15) is 8.78 Å². The lowest BCUT2D eigenvalue weighted by molar-refractivity contribution is 0.0887. The molecular weight excluding hydrogens is 260 g/mol. The number of nitrogens with zero attached hydrogens (tertiary/aromatic N) is 3. The minimum Gasteiger partial charge on any atom is -0.273 e. The van der Waals surface area contributed by atoms with Crippen molar-refractivity contribution < 1.29 is 8.78 Å². The van der Waals surface area contributed by atoms with Gasteiger partial charge in [0.25, 0.3) is 0 Å². The van der Waals surface area contributed by atoms with Crippen LogP contribution in [0.3, 0.4) is 0 Å². The highest BCUT2D eigenvalue weighted by Crippen LogP contribution is 2.34. The lowest BCUT2D eigenvalue weighted by Gasteiger charge is -2.11. The van der Waals surface area contributed by atoms with Gasteiger partial charge in [-0.15, -0.1) is 0 Å². The van der Waals surface area contributed by atoms with Crippen LogP contribution in [0.5, 0.6) is 0 Å². The first-order valence-corrected chi connectivity index (χ1v) is 5.66. The van der Waals surface area contributed by atoms with Crippen molar-refractivity contribution in [3.05, 3.63) is 41.7 Å². The molecule has 6 heteroatoms. The highest BCUT2D eigenvalue weighted by atomic mass is 35.5. The normalized spacial score (nSPS) is 12.4. The molecule has 0 amide bonds. The Balaban J connectivity index is 2.54. The number of aromatic nitrogens is 3. The summed E-state index contributed by atoms with van der Waals surface area (Å²) in [6.07, 6.45) is 0. The monoisotopic (exact) mass is 267 g/mol. The lowest BCUT2D eigenvalue weighted by Crippen LogP contribution is -2.11. The summed E-state index contributed by atoms with van der Waals surface area (Å²) in [7, 11) is 0. The Morgan fingerprint density at radius 1 is 1.22 bits per heavy atom. The second-order valence-electron chi connectivity index (χ2n) is 4.02. The topological polar surface area (TPSA) is 30.2 Å². The van der Waals surface area contributed by atoms with Gasteiger partial charge in [0.1, 0.15) is 5.69 Å². The standard InChI is InChI=1S/C12H8ClF2N3/c1-7-6-10(12(13,14)15)18-9-5-3-2-4-8(9)17-11(18)16-7/h2-6H,1H3. The van der Waals surface area contributed by atoms with Gasteiger partial charge in [-0.1, -0.05) is 12.1 Å². The van der Waals surface area contributed by atoms with Gasteiger partial charge >= 0.3 is 5.38 Å². The average Bonchev–Trinajstić information content (AvgIpc) is 2.64. The molecule has 0 saturated heterocycles. The molecule has 2 aromatic heterocycles. The van der Waals surface area contributed by atoms with Gasteiger partial charge in [0.2, 0.25) is 5.78 Å². The third kappa shape index (κ3) is 1.62. The molecule has 0 saturated carbocycles. The van der Waals surface area contributed by atoms with Crippen molar-refractivity contribution in [2.24, 2.45) is 0 Å². The van der Waals surface area contributed by atoms with Crippen molar-refractivity contribution in [3.8, 4) is 0 Å². The van der Waals surface area contributed by atoms with Gasteiger partial charge in [-0.3, -0.25) is 4.40 Å². The number of fused-ring (bicyclic) bond motifs is 3. The van der Waals surface area contributed by atoms with Crippen LogP contribution in [0.15, 0.2) is 30.3 Å². The SMILES string of the molecule is Cc1cc(C(F)(F)Cl)n2c(n1)nc1ccccc12. The number of halogens is 3. The molecular formula is C12H8ClF2N3. The van der Waals surface area contributed by atoms with Crippen LogP contribution < -0.4 is 0 Å². The van der Waals surface area contributed by atoms with Crippen molar-refractivity contribution in [1.29, 1.82) is 0 Å². The number of imidazole rings is 1. The number of hydrogen-bond donors (Lipinski definition) is 0. The highest BCUT2D eigenvalue weighted by molar-refractivity contribution is 6.21. The molecule has 0 unspecified atom stereocenters. The maximum atomic E-state index is 13.5. The summed E-state index contributed by atoms with van der Waals surface area (Å²) >= 11 is 5.16. The van der Waals surface area contributed by atoms with E-state index in [0.717, 1.165) is 0 Å². The molecule has 0 spiro atoms. The summed E-state index contributed by atoms with van der Waals surface area (Å²) in [5, 5.41) is -3.46. The van der Waals surface area contributed by atoms with Crippen LogP contribution in [0.1, 0.15) is 11.4 Å². The van der Waals surface area contributed by atoms with E-state index in [1.165, 1.54) is 10.5 Å². The maximum Gasteiger partial charge on any atom is 0.363 e. The summed E-state index contributed by atoms with van der Waals surface area (Å²) in [6, 6.07) is 8.27. The minimum atomic E-state index is -3.46. The molecule has 18 heavy (non-hydrogen) atoms. The smallest absolute Gasteiger partial charge is 0.273 e. The first kappa shape index (κ1) is 11.3. The van der Waals surface area contributed by atoms with Crippen LogP contribution in [0.4, 0.5) is 8.78 Å². The molecule has 0 N–H and O–H groups in total. The first-order valence-electron chi connectivity index (χ1n) is 5.29. The number of rotatable bonds is 1. The number of aryl methyl sites for hydroxylation is 1. The summed E-state index contributed by atoms with van der Waals surface area (Å²) in [6.45, 7) is 1.63. The second-order valence-corrected chi connectivity index (χ2v) is 4.49. The zero-order valence-electron chi connectivity index (χ0n) is 9.36. The zero-order valence-corrected chi connectivity index (χ0v) is 10.1. The van der Waals surface area contributed by atoms with Gasteiger partial charge in [0.15, 0.2) is 0 Å². The van der Waals surface area contributed by atoms with E-state index in [-0.39, 0.29) is 11.5 Å². The Kier molecular flexibility index (Phi) is 2.28. The Bertz CT molecular complexity index is 746. The van der Waals surface area contributed by atoms with Crippen LogP contribution in [-0.4, -0.2) is 14.4 Å². The van der Waals surface area contributed by atoms with Gasteiger partial charge in [-0.25, -0.2) is 9.97 Å². The molecule has 0 atom stereocenters. The minimum absolute atomic E-state index is 0.228.